The third-order valence-corrected chi connectivity index (χ3v) is 8.37. The summed E-state index contributed by atoms with van der Waals surface area (Å²) in [4.78, 5) is 11.5. The fraction of sp³-hybridized carbons (Fsp3) is 0.774. The molecule has 1 aromatic rings. The molecule has 0 aromatic heterocycles. The van der Waals surface area contributed by atoms with Crippen molar-refractivity contribution in [1.29, 1.82) is 0 Å². The summed E-state index contributed by atoms with van der Waals surface area (Å²) in [7, 11) is 0. The monoisotopic (exact) mass is 616 g/mol. The van der Waals surface area contributed by atoms with Gasteiger partial charge in [0.05, 0.1) is 3.57 Å². The minimum absolute atomic E-state index is 0.0584. The minimum Gasteiger partial charge on any atom is -0.504 e. The average molecular weight is 617 g/mol. The Morgan fingerprint density at radius 3 is 1.39 bits per heavy atom. The van der Waals surface area contributed by atoms with Gasteiger partial charge in [-0.05, 0) is 72.2 Å². The van der Waals surface area contributed by atoms with Gasteiger partial charge in [0.1, 0.15) is 0 Å². The van der Waals surface area contributed by atoms with Crippen molar-refractivity contribution in [3.8, 4) is 11.5 Å². The predicted octanol–water partition coefficient (Wildman–Crippen LogP) is 10.8. The van der Waals surface area contributed by atoms with Gasteiger partial charge in [0, 0.05) is 5.56 Å². The molecular formula is C31H53IO4. The molecule has 0 unspecified atom stereocenters. The van der Waals surface area contributed by atoms with E-state index in [1.807, 2.05) is 0 Å². The molecule has 0 saturated heterocycles. The smallest absolute Gasteiger partial charge is 0.504 e. The van der Waals surface area contributed by atoms with Gasteiger partial charge in [0.25, 0.3) is 0 Å². The summed E-state index contributed by atoms with van der Waals surface area (Å²) < 4.78 is 5.95. The van der Waals surface area contributed by atoms with E-state index >= 15 is 0 Å². The van der Waals surface area contributed by atoms with E-state index in [9.17, 15) is 15.0 Å². The van der Waals surface area contributed by atoms with Crippen molar-refractivity contribution < 1.29 is 19.7 Å². The number of aromatic hydroxyl groups is 1. The molecular weight excluding hydrogens is 563 g/mol. The van der Waals surface area contributed by atoms with Crippen LogP contribution in [0.1, 0.15) is 153 Å². The SMILES string of the molecule is CCCCCCCCc1c(O)c(OC(=O)O)c(I)c(CCCCCCCC)c1CCCCCCCC. The summed E-state index contributed by atoms with van der Waals surface area (Å²) in [6.07, 6.45) is 23.2. The van der Waals surface area contributed by atoms with Crippen LogP contribution in [-0.2, 0) is 19.3 Å². The number of hydrogen-bond acceptors (Lipinski definition) is 3. The molecule has 0 aliphatic rings. The van der Waals surface area contributed by atoms with Gasteiger partial charge < -0.3 is 14.9 Å². The number of halogens is 1. The molecule has 1 rings (SSSR count). The lowest BCUT2D eigenvalue weighted by Crippen LogP contribution is -2.11. The molecule has 0 saturated carbocycles. The molecule has 0 radical (unpaired) electrons. The Labute approximate surface area is 235 Å². The highest BCUT2D eigenvalue weighted by atomic mass is 127. The highest BCUT2D eigenvalue weighted by Crippen LogP contribution is 2.42. The molecule has 5 heteroatoms. The predicted molar refractivity (Wildman–Crippen MR) is 161 cm³/mol. The minimum atomic E-state index is -1.36. The van der Waals surface area contributed by atoms with Crippen LogP contribution in [0.2, 0.25) is 0 Å². The van der Waals surface area contributed by atoms with Crippen molar-refractivity contribution in [2.45, 2.75) is 156 Å². The first kappa shape index (κ1) is 33.0. The van der Waals surface area contributed by atoms with Crippen LogP contribution in [0.15, 0.2) is 0 Å². The molecule has 0 atom stereocenters. The second-order valence-corrected chi connectivity index (χ2v) is 11.4. The molecule has 0 fully saturated rings. The fourth-order valence-corrected chi connectivity index (χ4v) is 6.05. The molecule has 0 heterocycles. The van der Waals surface area contributed by atoms with Crippen LogP contribution in [0.3, 0.4) is 0 Å². The zero-order valence-corrected chi connectivity index (χ0v) is 25.6. The quantitative estimate of drug-likeness (QED) is 0.0589. The summed E-state index contributed by atoms with van der Waals surface area (Å²) >= 11 is 2.21. The van der Waals surface area contributed by atoms with Gasteiger partial charge >= 0.3 is 6.16 Å². The number of ether oxygens (including phenoxy) is 1. The summed E-state index contributed by atoms with van der Waals surface area (Å²) in [6.45, 7) is 6.71. The van der Waals surface area contributed by atoms with E-state index < -0.39 is 6.16 Å². The Balaban J connectivity index is 3.13. The summed E-state index contributed by atoms with van der Waals surface area (Å²) in [5.41, 5.74) is 3.43. The van der Waals surface area contributed by atoms with E-state index in [-0.39, 0.29) is 11.5 Å². The number of phenols is 1. The number of carboxylic acid groups (broad SMARTS) is 1. The van der Waals surface area contributed by atoms with Gasteiger partial charge in [-0.25, -0.2) is 4.79 Å². The lowest BCUT2D eigenvalue weighted by molar-refractivity contribution is 0.142. The second kappa shape index (κ2) is 21.0. The summed E-state index contributed by atoms with van der Waals surface area (Å²) in [5.74, 6) is 0.208. The van der Waals surface area contributed by atoms with Crippen LogP contribution in [0.5, 0.6) is 11.5 Å². The van der Waals surface area contributed by atoms with E-state index in [1.165, 1.54) is 101 Å². The Morgan fingerprint density at radius 1 is 0.611 bits per heavy atom. The topological polar surface area (TPSA) is 66.8 Å². The van der Waals surface area contributed by atoms with Crippen molar-refractivity contribution in [1.82, 2.24) is 0 Å². The van der Waals surface area contributed by atoms with Gasteiger partial charge in [-0.2, -0.15) is 0 Å². The fourth-order valence-electron chi connectivity index (χ4n) is 5.09. The maximum absolute atomic E-state index is 11.5. The number of unbranched alkanes of at least 4 members (excludes halogenated alkanes) is 15. The van der Waals surface area contributed by atoms with Crippen molar-refractivity contribution in [2.75, 3.05) is 0 Å². The molecule has 36 heavy (non-hydrogen) atoms. The van der Waals surface area contributed by atoms with Crippen LogP contribution in [-0.4, -0.2) is 16.4 Å². The largest absolute Gasteiger partial charge is 0.511 e. The van der Waals surface area contributed by atoms with Gasteiger partial charge in [-0.15, -0.1) is 0 Å². The van der Waals surface area contributed by atoms with Crippen molar-refractivity contribution >= 4 is 28.7 Å². The Kier molecular flexibility index (Phi) is 19.3. The van der Waals surface area contributed by atoms with Gasteiger partial charge in [0.2, 0.25) is 0 Å². The van der Waals surface area contributed by atoms with Crippen molar-refractivity contribution in [2.24, 2.45) is 0 Å². The Bertz CT molecular complexity index is 689. The molecule has 0 bridgehead atoms. The molecule has 0 aliphatic heterocycles. The standard InChI is InChI=1S/C31H53IO4/c1-4-7-10-13-16-19-22-25-26(23-20-17-14-11-8-5-2)28(32)30(36-31(34)35)29(33)27(25)24-21-18-15-12-9-6-3/h33H,4-24H2,1-3H3,(H,34,35). The van der Waals surface area contributed by atoms with Gasteiger partial charge in [-0.3, -0.25) is 0 Å². The van der Waals surface area contributed by atoms with Gasteiger partial charge in [-0.1, -0.05) is 117 Å². The first-order valence-electron chi connectivity index (χ1n) is 14.9. The Hall–Kier alpha value is -0.980. The van der Waals surface area contributed by atoms with E-state index in [1.54, 1.807) is 0 Å². The molecule has 0 aliphatic carbocycles. The van der Waals surface area contributed by atoms with E-state index in [0.29, 0.717) is 0 Å². The molecule has 4 nitrogen and oxygen atoms in total. The van der Waals surface area contributed by atoms with Crippen molar-refractivity contribution in [3.63, 3.8) is 0 Å². The molecule has 0 spiro atoms. The van der Waals surface area contributed by atoms with Crippen LogP contribution in [0.25, 0.3) is 0 Å². The van der Waals surface area contributed by atoms with Crippen LogP contribution in [0, 0.1) is 3.57 Å². The number of benzene rings is 1. The lowest BCUT2D eigenvalue weighted by atomic mass is 9.89. The van der Waals surface area contributed by atoms with Crippen LogP contribution >= 0.6 is 22.6 Å². The van der Waals surface area contributed by atoms with Crippen LogP contribution < -0.4 is 4.74 Å². The highest BCUT2D eigenvalue weighted by molar-refractivity contribution is 14.1. The summed E-state index contributed by atoms with van der Waals surface area (Å²) in [5, 5.41) is 20.6. The number of rotatable bonds is 22. The number of phenolic OH excluding ortho intramolecular Hbond substituents is 1. The number of hydrogen-bond donors (Lipinski definition) is 2. The zero-order chi connectivity index (χ0) is 26.6. The van der Waals surface area contributed by atoms with E-state index in [2.05, 4.69) is 43.4 Å². The molecule has 208 valence electrons. The summed E-state index contributed by atoms with van der Waals surface area (Å²) in [6, 6.07) is 0. The highest BCUT2D eigenvalue weighted by Gasteiger charge is 2.24. The van der Waals surface area contributed by atoms with E-state index in [4.69, 9.17) is 4.74 Å². The van der Waals surface area contributed by atoms with Crippen LogP contribution in [0.4, 0.5) is 4.79 Å². The zero-order valence-electron chi connectivity index (χ0n) is 23.4. The van der Waals surface area contributed by atoms with E-state index in [0.717, 1.165) is 54.1 Å². The first-order valence-corrected chi connectivity index (χ1v) is 16.0. The average Bonchev–Trinajstić information content (AvgIpc) is 2.85. The first-order chi connectivity index (χ1) is 17.5. The Morgan fingerprint density at radius 2 is 0.972 bits per heavy atom. The maximum Gasteiger partial charge on any atom is 0.511 e. The molecule has 2 N–H and O–H groups in total. The third kappa shape index (κ3) is 13.0. The third-order valence-electron chi connectivity index (χ3n) is 7.22. The maximum atomic E-state index is 11.5. The number of carbonyl (C=O) groups is 1. The molecule has 1 aromatic carbocycles. The normalized spacial score (nSPS) is 11.2. The lowest BCUT2D eigenvalue weighted by Gasteiger charge is -2.21. The second-order valence-electron chi connectivity index (χ2n) is 10.3. The van der Waals surface area contributed by atoms with Crippen molar-refractivity contribution in [3.05, 3.63) is 20.3 Å². The van der Waals surface area contributed by atoms with Gasteiger partial charge in [0.15, 0.2) is 11.5 Å². The molecule has 0 amide bonds.